The molecule has 0 heterocycles. The van der Waals surface area contributed by atoms with Crippen molar-refractivity contribution in [3.63, 3.8) is 0 Å². The number of benzene rings is 2. The van der Waals surface area contributed by atoms with Crippen LogP contribution in [0.1, 0.15) is 26.3 Å². The van der Waals surface area contributed by atoms with Crippen LogP contribution in [-0.4, -0.2) is 21.9 Å². The molecule has 2 aromatic carbocycles. The number of carbonyl (C=O) groups is 2. The monoisotopic (exact) mass is 334 g/mol. The molecule has 2 aromatic rings. The maximum absolute atomic E-state index is 12.0. The van der Waals surface area contributed by atoms with Crippen LogP contribution in [0.3, 0.4) is 0 Å². The Balaban J connectivity index is 2.06. The normalized spacial score (nSPS) is 10.1. The minimum absolute atomic E-state index is 0.0455. The topological polar surface area (TPSA) is 110 Å². The van der Waals surface area contributed by atoms with Gasteiger partial charge in [-0.1, -0.05) is 23.7 Å². The molecule has 0 atom stereocenters. The fraction of sp³-hybridized carbons (Fsp3) is 0.0667. The highest BCUT2D eigenvalue weighted by molar-refractivity contribution is 6.32. The Hall–Kier alpha value is -2.93. The molecule has 2 rings (SSSR count). The number of carboxylic acid groups (broad SMARTS) is 1. The van der Waals surface area contributed by atoms with Gasteiger partial charge in [-0.05, 0) is 29.8 Å². The van der Waals surface area contributed by atoms with E-state index >= 15 is 0 Å². The summed E-state index contributed by atoms with van der Waals surface area (Å²) in [5, 5.41) is 22.2. The Morgan fingerprint density at radius 2 is 1.74 bits per heavy atom. The first kappa shape index (κ1) is 16.4. The number of hydrogen-bond donors (Lipinski definition) is 2. The third-order valence-electron chi connectivity index (χ3n) is 3.06. The lowest BCUT2D eigenvalue weighted by Crippen LogP contribution is -2.22. The van der Waals surface area contributed by atoms with Crippen molar-refractivity contribution in [2.75, 3.05) is 0 Å². The van der Waals surface area contributed by atoms with Crippen molar-refractivity contribution in [2.45, 2.75) is 6.54 Å². The van der Waals surface area contributed by atoms with E-state index in [1.807, 2.05) is 0 Å². The second-order valence-corrected chi connectivity index (χ2v) is 5.02. The average Bonchev–Trinajstić information content (AvgIpc) is 2.53. The van der Waals surface area contributed by atoms with Crippen molar-refractivity contribution in [2.24, 2.45) is 0 Å². The van der Waals surface area contributed by atoms with Gasteiger partial charge >= 0.3 is 5.97 Å². The van der Waals surface area contributed by atoms with Gasteiger partial charge < -0.3 is 10.4 Å². The van der Waals surface area contributed by atoms with Gasteiger partial charge in [0.05, 0.1) is 10.5 Å². The quantitative estimate of drug-likeness (QED) is 0.645. The molecule has 7 nitrogen and oxygen atoms in total. The molecule has 0 aromatic heterocycles. The van der Waals surface area contributed by atoms with Crippen LogP contribution >= 0.6 is 11.6 Å². The van der Waals surface area contributed by atoms with E-state index in [0.29, 0.717) is 5.56 Å². The lowest BCUT2D eigenvalue weighted by atomic mass is 10.1. The van der Waals surface area contributed by atoms with Crippen LogP contribution in [0, 0.1) is 10.1 Å². The van der Waals surface area contributed by atoms with Gasteiger partial charge in [0, 0.05) is 18.2 Å². The zero-order valence-electron chi connectivity index (χ0n) is 11.7. The predicted octanol–water partition coefficient (Wildman–Crippen LogP) is 2.88. The van der Waals surface area contributed by atoms with Crippen LogP contribution in [0.15, 0.2) is 42.5 Å². The number of carboxylic acids is 1. The van der Waals surface area contributed by atoms with Crippen LogP contribution in [-0.2, 0) is 6.54 Å². The number of nitrogens with zero attached hydrogens (tertiary/aromatic N) is 1. The average molecular weight is 335 g/mol. The zero-order valence-corrected chi connectivity index (χ0v) is 12.4. The molecule has 118 valence electrons. The molecule has 2 N–H and O–H groups in total. The number of halogens is 1. The van der Waals surface area contributed by atoms with Crippen LogP contribution < -0.4 is 5.32 Å². The van der Waals surface area contributed by atoms with E-state index in [1.54, 1.807) is 12.1 Å². The molecule has 0 aliphatic rings. The molecule has 0 radical (unpaired) electrons. The molecule has 0 unspecified atom stereocenters. The van der Waals surface area contributed by atoms with Gasteiger partial charge in [0.15, 0.2) is 0 Å². The Morgan fingerprint density at radius 3 is 2.30 bits per heavy atom. The highest BCUT2D eigenvalue weighted by atomic mass is 35.5. The second kappa shape index (κ2) is 6.89. The van der Waals surface area contributed by atoms with Crippen LogP contribution in [0.2, 0.25) is 5.02 Å². The minimum Gasteiger partial charge on any atom is -0.478 e. The van der Waals surface area contributed by atoms with Crippen LogP contribution in [0.5, 0.6) is 0 Å². The lowest BCUT2D eigenvalue weighted by molar-refractivity contribution is -0.384. The fourth-order valence-electron chi connectivity index (χ4n) is 1.84. The number of nitro benzene ring substituents is 1. The third-order valence-corrected chi connectivity index (χ3v) is 3.38. The molecule has 0 fully saturated rings. The van der Waals surface area contributed by atoms with Gasteiger partial charge in [-0.3, -0.25) is 14.9 Å². The van der Waals surface area contributed by atoms with E-state index < -0.39 is 16.8 Å². The highest BCUT2D eigenvalue weighted by Crippen LogP contribution is 2.25. The van der Waals surface area contributed by atoms with E-state index in [2.05, 4.69) is 5.32 Å². The molecule has 0 aliphatic carbocycles. The van der Waals surface area contributed by atoms with Gasteiger partial charge in [-0.15, -0.1) is 0 Å². The number of nitrogens with one attached hydrogen (secondary N) is 1. The molecular formula is C15H11ClN2O5. The first-order valence-electron chi connectivity index (χ1n) is 6.43. The van der Waals surface area contributed by atoms with Gasteiger partial charge in [-0.2, -0.15) is 0 Å². The lowest BCUT2D eigenvalue weighted by Gasteiger charge is -2.06. The molecule has 23 heavy (non-hydrogen) atoms. The molecule has 0 bridgehead atoms. The number of aromatic carboxylic acids is 1. The summed E-state index contributed by atoms with van der Waals surface area (Å²) in [6.45, 7) is 0.162. The highest BCUT2D eigenvalue weighted by Gasteiger charge is 2.16. The molecule has 0 spiro atoms. The molecule has 8 heteroatoms. The van der Waals surface area contributed by atoms with Gasteiger partial charge in [-0.25, -0.2) is 4.79 Å². The predicted molar refractivity (Wildman–Crippen MR) is 82.7 cm³/mol. The summed E-state index contributed by atoms with van der Waals surface area (Å²) in [7, 11) is 0. The largest absolute Gasteiger partial charge is 0.478 e. The standard InChI is InChI=1S/C15H11ClN2O5/c16-12-6-5-11(7-13(12)18(22)23)14(19)17-8-9-1-3-10(4-2-9)15(20)21/h1-7H,8H2,(H,17,19)(H,20,21). The molecular weight excluding hydrogens is 324 g/mol. The summed E-state index contributed by atoms with van der Waals surface area (Å²) in [5.41, 5.74) is 0.619. The van der Waals surface area contributed by atoms with Crippen LogP contribution in [0.25, 0.3) is 0 Å². The first-order valence-corrected chi connectivity index (χ1v) is 6.80. The van der Waals surface area contributed by atoms with Crippen molar-refractivity contribution >= 4 is 29.2 Å². The summed E-state index contributed by atoms with van der Waals surface area (Å²) < 4.78 is 0. The second-order valence-electron chi connectivity index (χ2n) is 4.61. The Labute approximate surface area is 135 Å². The number of carbonyl (C=O) groups excluding carboxylic acids is 1. The van der Waals surface area contributed by atoms with E-state index in [-0.39, 0.29) is 28.4 Å². The first-order chi connectivity index (χ1) is 10.9. The third kappa shape index (κ3) is 4.04. The summed E-state index contributed by atoms with van der Waals surface area (Å²) in [6.07, 6.45) is 0. The van der Waals surface area contributed by atoms with Crippen molar-refractivity contribution in [1.29, 1.82) is 0 Å². The smallest absolute Gasteiger partial charge is 0.335 e. The summed E-state index contributed by atoms with van der Waals surface area (Å²) in [4.78, 5) is 32.9. The number of nitro groups is 1. The zero-order chi connectivity index (χ0) is 17.0. The maximum Gasteiger partial charge on any atom is 0.335 e. The van der Waals surface area contributed by atoms with Crippen molar-refractivity contribution in [3.8, 4) is 0 Å². The maximum atomic E-state index is 12.0. The number of amides is 1. The summed E-state index contributed by atoms with van der Waals surface area (Å²) in [6, 6.07) is 9.79. The number of hydrogen-bond acceptors (Lipinski definition) is 4. The summed E-state index contributed by atoms with van der Waals surface area (Å²) in [5.74, 6) is -1.53. The van der Waals surface area contributed by atoms with Gasteiger partial charge in [0.1, 0.15) is 5.02 Å². The fourth-order valence-corrected chi connectivity index (χ4v) is 2.03. The van der Waals surface area contributed by atoms with E-state index in [1.165, 1.54) is 24.3 Å². The Morgan fingerprint density at radius 1 is 1.13 bits per heavy atom. The van der Waals surface area contributed by atoms with Crippen molar-refractivity contribution in [3.05, 3.63) is 74.3 Å². The molecule has 0 saturated heterocycles. The van der Waals surface area contributed by atoms with Crippen molar-refractivity contribution in [1.82, 2.24) is 5.32 Å². The van der Waals surface area contributed by atoms with E-state index in [4.69, 9.17) is 16.7 Å². The Bertz CT molecular complexity index is 774. The SMILES string of the molecule is O=C(O)c1ccc(CNC(=O)c2ccc(Cl)c([N+](=O)[O-])c2)cc1. The van der Waals surface area contributed by atoms with Gasteiger partial charge in [0.25, 0.3) is 11.6 Å². The number of rotatable bonds is 5. The van der Waals surface area contributed by atoms with Crippen LogP contribution in [0.4, 0.5) is 5.69 Å². The summed E-state index contributed by atoms with van der Waals surface area (Å²) >= 11 is 5.69. The molecule has 1 amide bonds. The van der Waals surface area contributed by atoms with E-state index in [9.17, 15) is 19.7 Å². The van der Waals surface area contributed by atoms with E-state index in [0.717, 1.165) is 6.07 Å². The Kier molecular flexibility index (Phi) is 4.92. The molecule has 0 aliphatic heterocycles. The van der Waals surface area contributed by atoms with Crippen molar-refractivity contribution < 1.29 is 19.6 Å². The van der Waals surface area contributed by atoms with Gasteiger partial charge in [0.2, 0.25) is 0 Å². The molecule has 0 saturated carbocycles. The minimum atomic E-state index is -1.03.